The molecule has 22 heavy (non-hydrogen) atoms. The van der Waals surface area contributed by atoms with Crippen LogP contribution in [0, 0.1) is 5.41 Å². The van der Waals surface area contributed by atoms with Crippen molar-refractivity contribution in [2.75, 3.05) is 18.6 Å². The maximum Gasteiger partial charge on any atom is 0.237 e. The van der Waals surface area contributed by atoms with Gasteiger partial charge in [0.2, 0.25) is 5.91 Å². The molecular weight excluding hydrogens is 304 g/mol. The largest absolute Gasteiger partial charge is 0.378 e. The third-order valence-electron chi connectivity index (χ3n) is 5.14. The minimum absolute atomic E-state index is 0.0566. The zero-order valence-corrected chi connectivity index (χ0v) is 14.3. The van der Waals surface area contributed by atoms with Gasteiger partial charge in [-0.25, -0.2) is 8.42 Å². The summed E-state index contributed by atoms with van der Waals surface area (Å²) in [5, 5.41) is 3.03. The van der Waals surface area contributed by atoms with E-state index in [-0.39, 0.29) is 35.6 Å². The first-order valence-electron chi connectivity index (χ1n) is 8.14. The molecule has 128 valence electrons. The monoisotopic (exact) mass is 332 g/mol. The van der Waals surface area contributed by atoms with Gasteiger partial charge in [-0.1, -0.05) is 12.8 Å². The number of carbonyl (C=O) groups excluding carboxylic acids is 1. The zero-order valence-electron chi connectivity index (χ0n) is 13.5. The Bertz CT molecular complexity index is 500. The smallest absolute Gasteiger partial charge is 0.237 e. The second-order valence-electron chi connectivity index (χ2n) is 6.71. The van der Waals surface area contributed by atoms with Gasteiger partial charge in [0.25, 0.3) is 0 Å². The predicted molar refractivity (Wildman–Crippen MR) is 85.2 cm³/mol. The number of amides is 1. The molecule has 0 aromatic heterocycles. The molecule has 0 radical (unpaired) electrons. The van der Waals surface area contributed by atoms with E-state index in [1.165, 1.54) is 12.8 Å². The van der Waals surface area contributed by atoms with Crippen molar-refractivity contribution in [3.8, 4) is 0 Å². The molecule has 3 atom stereocenters. The summed E-state index contributed by atoms with van der Waals surface area (Å²) in [7, 11) is -3.09. The number of rotatable bonds is 7. The Kier molecular flexibility index (Phi) is 5.50. The maximum absolute atomic E-state index is 12.2. The fourth-order valence-corrected chi connectivity index (χ4v) is 4.52. The van der Waals surface area contributed by atoms with Crippen molar-refractivity contribution in [1.82, 2.24) is 5.32 Å². The number of hydrogen-bond donors (Lipinski definition) is 2. The van der Waals surface area contributed by atoms with Gasteiger partial charge < -0.3 is 15.8 Å². The summed E-state index contributed by atoms with van der Waals surface area (Å²) in [4.78, 5) is 12.2. The molecule has 2 rings (SSSR count). The summed E-state index contributed by atoms with van der Waals surface area (Å²) < 4.78 is 28.1. The van der Waals surface area contributed by atoms with Crippen LogP contribution in [0.2, 0.25) is 0 Å². The molecule has 0 bridgehead atoms. The topological polar surface area (TPSA) is 98.5 Å². The molecule has 1 amide bonds. The van der Waals surface area contributed by atoms with Crippen molar-refractivity contribution in [1.29, 1.82) is 0 Å². The van der Waals surface area contributed by atoms with Crippen LogP contribution in [-0.4, -0.2) is 51.1 Å². The summed E-state index contributed by atoms with van der Waals surface area (Å²) in [6, 6.07) is -0.650. The highest BCUT2D eigenvalue weighted by atomic mass is 32.2. The van der Waals surface area contributed by atoms with Crippen LogP contribution >= 0.6 is 0 Å². The van der Waals surface area contributed by atoms with Gasteiger partial charge >= 0.3 is 0 Å². The van der Waals surface area contributed by atoms with Gasteiger partial charge in [0.05, 0.1) is 17.9 Å². The number of hydrogen-bond acceptors (Lipinski definition) is 5. The lowest BCUT2D eigenvalue weighted by atomic mass is 9.60. The van der Waals surface area contributed by atoms with Gasteiger partial charge in [0, 0.05) is 24.3 Å². The second-order valence-corrected chi connectivity index (χ2v) is 8.97. The van der Waals surface area contributed by atoms with E-state index in [4.69, 9.17) is 10.5 Å². The molecule has 0 aliphatic heterocycles. The van der Waals surface area contributed by atoms with E-state index in [1.807, 2.05) is 6.92 Å². The Balaban J connectivity index is 1.89. The first kappa shape index (κ1) is 17.7. The fraction of sp³-hybridized carbons (Fsp3) is 0.933. The molecule has 7 heteroatoms. The highest BCUT2D eigenvalue weighted by molar-refractivity contribution is 7.90. The molecule has 2 aliphatic rings. The van der Waals surface area contributed by atoms with Crippen LogP contribution in [0.1, 0.15) is 45.4 Å². The van der Waals surface area contributed by atoms with E-state index in [1.54, 1.807) is 0 Å². The highest BCUT2D eigenvalue weighted by Gasteiger charge is 2.57. The molecule has 0 heterocycles. The molecule has 0 aromatic rings. The van der Waals surface area contributed by atoms with Crippen molar-refractivity contribution < 1.29 is 17.9 Å². The van der Waals surface area contributed by atoms with Gasteiger partial charge in [-0.15, -0.1) is 0 Å². The summed E-state index contributed by atoms with van der Waals surface area (Å²) >= 11 is 0. The van der Waals surface area contributed by atoms with Gasteiger partial charge in [0.15, 0.2) is 0 Å². The number of nitrogens with one attached hydrogen (secondary N) is 1. The van der Waals surface area contributed by atoms with Crippen LogP contribution < -0.4 is 11.1 Å². The van der Waals surface area contributed by atoms with Crippen LogP contribution in [0.15, 0.2) is 0 Å². The lowest BCUT2D eigenvalue weighted by Crippen LogP contribution is -2.65. The SMILES string of the molecule is CCOC1CC(NC(=O)C(N)CCS(C)(=O)=O)C12CCCC2. The minimum atomic E-state index is -3.09. The average molecular weight is 332 g/mol. The average Bonchev–Trinajstić information content (AvgIpc) is 2.95. The first-order chi connectivity index (χ1) is 10.3. The zero-order chi connectivity index (χ0) is 16.4. The van der Waals surface area contributed by atoms with Crippen LogP contribution in [0.4, 0.5) is 0 Å². The Morgan fingerprint density at radius 2 is 2.05 bits per heavy atom. The number of sulfone groups is 1. The summed E-state index contributed by atoms with van der Waals surface area (Å²) in [6.45, 7) is 2.69. The standard InChI is InChI=1S/C15H28N2O4S/c1-3-21-13-10-12(15(13)7-4-5-8-15)17-14(18)11(16)6-9-22(2,19)20/h11-13H,3-10,16H2,1-2H3,(H,17,18). The molecule has 6 nitrogen and oxygen atoms in total. The van der Waals surface area contributed by atoms with Gasteiger partial charge in [0.1, 0.15) is 9.84 Å². The van der Waals surface area contributed by atoms with Crippen molar-refractivity contribution in [2.24, 2.45) is 11.1 Å². The Hall–Kier alpha value is -0.660. The highest BCUT2D eigenvalue weighted by Crippen LogP contribution is 2.54. The summed E-state index contributed by atoms with van der Waals surface area (Å²) in [6.07, 6.45) is 6.91. The molecule has 2 saturated carbocycles. The van der Waals surface area contributed by atoms with E-state index < -0.39 is 15.9 Å². The Morgan fingerprint density at radius 1 is 1.41 bits per heavy atom. The van der Waals surface area contributed by atoms with Gasteiger partial charge in [-0.05, 0) is 32.6 Å². The molecule has 1 spiro atoms. The number of carbonyl (C=O) groups is 1. The van der Waals surface area contributed by atoms with Crippen LogP contribution in [-0.2, 0) is 19.4 Å². The van der Waals surface area contributed by atoms with Gasteiger partial charge in [-0.2, -0.15) is 0 Å². The van der Waals surface area contributed by atoms with E-state index in [9.17, 15) is 13.2 Å². The molecule has 3 unspecified atom stereocenters. The lowest BCUT2D eigenvalue weighted by Gasteiger charge is -2.54. The first-order valence-corrected chi connectivity index (χ1v) is 10.2. The van der Waals surface area contributed by atoms with Crippen LogP contribution in [0.25, 0.3) is 0 Å². The summed E-state index contributed by atoms with van der Waals surface area (Å²) in [5.41, 5.74) is 5.90. The minimum Gasteiger partial charge on any atom is -0.378 e. The van der Waals surface area contributed by atoms with E-state index in [0.29, 0.717) is 6.61 Å². The molecule has 0 saturated heterocycles. The molecule has 2 aliphatic carbocycles. The Labute approximate surface area is 133 Å². The van der Waals surface area contributed by atoms with Crippen molar-refractivity contribution in [2.45, 2.75) is 63.6 Å². The van der Waals surface area contributed by atoms with Crippen molar-refractivity contribution in [3.63, 3.8) is 0 Å². The molecule has 3 N–H and O–H groups in total. The van der Waals surface area contributed by atoms with Crippen molar-refractivity contribution in [3.05, 3.63) is 0 Å². The Morgan fingerprint density at radius 3 is 2.59 bits per heavy atom. The second kappa shape index (κ2) is 6.84. The summed E-state index contributed by atoms with van der Waals surface area (Å²) in [5.74, 6) is -0.297. The molecular formula is C15H28N2O4S. The normalized spacial score (nSPS) is 28.3. The van der Waals surface area contributed by atoms with E-state index >= 15 is 0 Å². The van der Waals surface area contributed by atoms with E-state index in [2.05, 4.69) is 5.32 Å². The number of ether oxygens (including phenoxy) is 1. The quantitative estimate of drug-likeness (QED) is 0.711. The predicted octanol–water partition coefficient (Wildman–Crippen LogP) is 0.602. The number of nitrogens with two attached hydrogens (primary N) is 1. The lowest BCUT2D eigenvalue weighted by molar-refractivity contribution is -0.144. The van der Waals surface area contributed by atoms with Crippen LogP contribution in [0.5, 0.6) is 0 Å². The third kappa shape index (κ3) is 3.81. The fourth-order valence-electron chi connectivity index (χ4n) is 3.84. The van der Waals surface area contributed by atoms with Gasteiger partial charge in [-0.3, -0.25) is 4.79 Å². The van der Waals surface area contributed by atoms with E-state index in [0.717, 1.165) is 25.5 Å². The third-order valence-corrected chi connectivity index (χ3v) is 6.12. The van der Waals surface area contributed by atoms with Crippen molar-refractivity contribution >= 4 is 15.7 Å². The maximum atomic E-state index is 12.2. The van der Waals surface area contributed by atoms with Crippen LogP contribution in [0.3, 0.4) is 0 Å². The molecule has 2 fully saturated rings. The molecule has 0 aromatic carbocycles.